The number of imide groups is 1. The predicted molar refractivity (Wildman–Crippen MR) is 129 cm³/mol. The van der Waals surface area contributed by atoms with Gasteiger partial charge < -0.3 is 9.64 Å². The summed E-state index contributed by atoms with van der Waals surface area (Å²) in [5.74, 6) is -0.494. The Bertz CT molecular complexity index is 1220. The first-order valence-electron chi connectivity index (χ1n) is 11.2. The Morgan fingerprint density at radius 3 is 2.18 bits per heavy atom. The molecular weight excluding hydrogens is 431 g/mol. The van der Waals surface area contributed by atoms with Crippen molar-refractivity contribution < 1.29 is 18.7 Å². The Morgan fingerprint density at radius 2 is 1.53 bits per heavy atom. The van der Waals surface area contributed by atoms with Crippen molar-refractivity contribution in [3.8, 4) is 5.75 Å². The van der Waals surface area contributed by atoms with Crippen LogP contribution in [0.3, 0.4) is 0 Å². The number of halogens is 1. The van der Waals surface area contributed by atoms with Crippen LogP contribution in [0.4, 0.5) is 4.39 Å². The van der Waals surface area contributed by atoms with Gasteiger partial charge in [-0.15, -0.1) is 0 Å². The van der Waals surface area contributed by atoms with E-state index in [4.69, 9.17) is 4.74 Å². The quantitative estimate of drug-likeness (QED) is 0.458. The van der Waals surface area contributed by atoms with Gasteiger partial charge >= 0.3 is 0 Å². The van der Waals surface area contributed by atoms with Crippen molar-refractivity contribution in [1.82, 2.24) is 9.80 Å². The summed E-state index contributed by atoms with van der Waals surface area (Å²) in [5, 5.41) is 0. The fourth-order valence-corrected chi connectivity index (χ4v) is 4.20. The van der Waals surface area contributed by atoms with E-state index in [1.807, 2.05) is 62.4 Å². The van der Waals surface area contributed by atoms with E-state index in [0.29, 0.717) is 23.6 Å². The minimum atomic E-state index is -0.407. The smallest absolute Gasteiger partial charge is 0.277 e. The first kappa shape index (κ1) is 23.2. The molecule has 0 fully saturated rings. The highest BCUT2D eigenvalue weighted by Crippen LogP contribution is 2.32. The molecule has 0 saturated carbocycles. The fraction of sp³-hybridized carbons (Fsp3) is 0.214. The molecule has 3 aromatic carbocycles. The highest BCUT2D eigenvalue weighted by atomic mass is 19.1. The van der Waals surface area contributed by atoms with E-state index in [9.17, 15) is 14.0 Å². The van der Waals surface area contributed by atoms with Crippen LogP contribution in [-0.2, 0) is 16.1 Å². The maximum absolute atomic E-state index is 13.5. The standard InChI is InChI=1S/C28H27FN2O3/c1-19-15-20(2)17-24(16-19)34-14-13-31-27(32)25(22-9-11-23(29)12-10-22)26(28(31)33)30(3)18-21-7-5-4-6-8-21/h4-12,15-17H,13-14,18H2,1-3H3. The average molecular weight is 459 g/mol. The zero-order chi connectivity index (χ0) is 24.2. The summed E-state index contributed by atoms with van der Waals surface area (Å²) in [6.45, 7) is 4.71. The minimum absolute atomic E-state index is 0.109. The van der Waals surface area contributed by atoms with Gasteiger partial charge in [0, 0.05) is 13.6 Å². The highest BCUT2D eigenvalue weighted by Gasteiger charge is 2.40. The van der Waals surface area contributed by atoms with Crippen molar-refractivity contribution >= 4 is 17.4 Å². The molecule has 1 aliphatic heterocycles. The summed E-state index contributed by atoms with van der Waals surface area (Å²) in [6, 6.07) is 21.2. The molecule has 0 aliphatic carbocycles. The van der Waals surface area contributed by atoms with Crippen molar-refractivity contribution in [2.45, 2.75) is 20.4 Å². The van der Waals surface area contributed by atoms with Gasteiger partial charge in [0.25, 0.3) is 11.8 Å². The summed E-state index contributed by atoms with van der Waals surface area (Å²) in [6.07, 6.45) is 0. The lowest BCUT2D eigenvalue weighted by Gasteiger charge is -2.21. The topological polar surface area (TPSA) is 49.9 Å². The molecule has 174 valence electrons. The molecule has 0 saturated heterocycles. The molecule has 2 amide bonds. The molecule has 1 heterocycles. The van der Waals surface area contributed by atoms with Crippen LogP contribution in [0.1, 0.15) is 22.3 Å². The van der Waals surface area contributed by atoms with Gasteiger partial charge in [0.2, 0.25) is 0 Å². The van der Waals surface area contributed by atoms with Gasteiger partial charge in [-0.05, 0) is 60.4 Å². The maximum atomic E-state index is 13.5. The highest BCUT2D eigenvalue weighted by molar-refractivity contribution is 6.35. The number of likely N-dealkylation sites (N-methyl/N-ethyl adjacent to an activating group) is 1. The van der Waals surface area contributed by atoms with Crippen LogP contribution in [0.15, 0.2) is 78.5 Å². The van der Waals surface area contributed by atoms with Crippen LogP contribution < -0.4 is 4.74 Å². The number of hydrogen-bond donors (Lipinski definition) is 0. The van der Waals surface area contributed by atoms with E-state index < -0.39 is 11.7 Å². The van der Waals surface area contributed by atoms with Crippen LogP contribution in [0, 0.1) is 19.7 Å². The molecule has 3 aromatic rings. The maximum Gasteiger partial charge on any atom is 0.277 e. The van der Waals surface area contributed by atoms with Gasteiger partial charge in [-0.2, -0.15) is 0 Å². The van der Waals surface area contributed by atoms with E-state index >= 15 is 0 Å². The van der Waals surface area contributed by atoms with Crippen molar-refractivity contribution in [2.24, 2.45) is 0 Å². The zero-order valence-electron chi connectivity index (χ0n) is 19.5. The van der Waals surface area contributed by atoms with E-state index in [1.54, 1.807) is 11.9 Å². The number of aryl methyl sites for hydroxylation is 2. The van der Waals surface area contributed by atoms with Gasteiger partial charge in [0.1, 0.15) is 23.9 Å². The number of rotatable bonds is 8. The minimum Gasteiger partial charge on any atom is -0.492 e. The summed E-state index contributed by atoms with van der Waals surface area (Å²) >= 11 is 0. The van der Waals surface area contributed by atoms with Crippen LogP contribution in [0.5, 0.6) is 5.75 Å². The SMILES string of the molecule is Cc1cc(C)cc(OCCN2C(=O)C(c3ccc(F)cc3)=C(N(C)Cc3ccccc3)C2=O)c1. The molecule has 0 radical (unpaired) electrons. The molecule has 4 rings (SSSR count). The van der Waals surface area contributed by atoms with Crippen molar-refractivity contribution in [3.63, 3.8) is 0 Å². The normalized spacial score (nSPS) is 13.6. The Kier molecular flexibility index (Phi) is 6.77. The summed E-state index contributed by atoms with van der Waals surface area (Å²) in [7, 11) is 1.78. The van der Waals surface area contributed by atoms with Crippen LogP contribution in [0.25, 0.3) is 5.57 Å². The number of nitrogens with zero attached hydrogens (tertiary/aromatic N) is 2. The number of benzene rings is 3. The van der Waals surface area contributed by atoms with Gasteiger partial charge in [-0.3, -0.25) is 14.5 Å². The third-order valence-corrected chi connectivity index (χ3v) is 5.70. The molecule has 0 aromatic heterocycles. The first-order chi connectivity index (χ1) is 16.3. The van der Waals surface area contributed by atoms with Crippen LogP contribution in [0.2, 0.25) is 0 Å². The second-order valence-corrected chi connectivity index (χ2v) is 8.51. The molecular formula is C28H27FN2O3. The third kappa shape index (κ3) is 5.01. The fourth-order valence-electron chi connectivity index (χ4n) is 4.20. The first-order valence-corrected chi connectivity index (χ1v) is 11.2. The third-order valence-electron chi connectivity index (χ3n) is 5.70. The average Bonchev–Trinajstić information content (AvgIpc) is 3.04. The summed E-state index contributed by atoms with van der Waals surface area (Å²) in [5.41, 5.74) is 4.24. The Morgan fingerprint density at radius 1 is 0.882 bits per heavy atom. The molecule has 6 heteroatoms. The van der Waals surface area contributed by atoms with Gasteiger partial charge in [-0.1, -0.05) is 48.5 Å². The Balaban J connectivity index is 1.58. The van der Waals surface area contributed by atoms with Crippen LogP contribution >= 0.6 is 0 Å². The van der Waals surface area contributed by atoms with Crippen molar-refractivity contribution in [2.75, 3.05) is 20.2 Å². The number of ether oxygens (including phenoxy) is 1. The molecule has 0 spiro atoms. The lowest BCUT2D eigenvalue weighted by molar-refractivity contribution is -0.137. The molecule has 5 nitrogen and oxygen atoms in total. The second kappa shape index (κ2) is 9.91. The van der Waals surface area contributed by atoms with Gasteiger partial charge in [-0.25, -0.2) is 4.39 Å². The number of amides is 2. The zero-order valence-corrected chi connectivity index (χ0v) is 19.5. The molecule has 0 atom stereocenters. The lowest BCUT2D eigenvalue weighted by atomic mass is 10.0. The van der Waals surface area contributed by atoms with Crippen molar-refractivity contribution in [1.29, 1.82) is 0 Å². The van der Waals surface area contributed by atoms with E-state index in [2.05, 4.69) is 0 Å². The lowest BCUT2D eigenvalue weighted by Crippen LogP contribution is -2.37. The van der Waals surface area contributed by atoms with Gasteiger partial charge in [0.05, 0.1) is 12.1 Å². The number of carbonyl (C=O) groups excluding carboxylic acids is 2. The number of hydrogen-bond acceptors (Lipinski definition) is 4. The number of carbonyl (C=O) groups is 2. The Labute approximate surface area is 199 Å². The molecule has 0 bridgehead atoms. The predicted octanol–water partition coefficient (Wildman–Crippen LogP) is 4.73. The largest absolute Gasteiger partial charge is 0.492 e. The molecule has 1 aliphatic rings. The second-order valence-electron chi connectivity index (χ2n) is 8.51. The van der Waals surface area contributed by atoms with Gasteiger partial charge in [0.15, 0.2) is 0 Å². The monoisotopic (exact) mass is 458 g/mol. The summed E-state index contributed by atoms with van der Waals surface area (Å²) in [4.78, 5) is 29.8. The van der Waals surface area contributed by atoms with E-state index in [0.717, 1.165) is 16.7 Å². The molecule has 0 unspecified atom stereocenters. The molecule has 34 heavy (non-hydrogen) atoms. The van der Waals surface area contributed by atoms with E-state index in [1.165, 1.54) is 29.2 Å². The van der Waals surface area contributed by atoms with E-state index in [-0.39, 0.29) is 24.6 Å². The molecule has 0 N–H and O–H groups in total. The summed E-state index contributed by atoms with van der Waals surface area (Å²) < 4.78 is 19.4. The Hall–Kier alpha value is -3.93. The van der Waals surface area contributed by atoms with Crippen molar-refractivity contribution in [3.05, 3.63) is 107 Å². The van der Waals surface area contributed by atoms with Crippen LogP contribution in [-0.4, -0.2) is 41.8 Å².